The number of nitrogens with zero attached hydrogens (tertiary/aromatic N) is 1. The number of sulfonamides is 1. The molecule has 0 aliphatic heterocycles. The first kappa shape index (κ1) is 21.4. The molecule has 150 valence electrons. The maximum atomic E-state index is 13.2. The summed E-state index contributed by atoms with van der Waals surface area (Å²) in [6.45, 7) is 2.99. The smallest absolute Gasteiger partial charge is 0.338 e. The molecule has 0 heterocycles. The van der Waals surface area contributed by atoms with Crippen molar-refractivity contribution in [2.45, 2.75) is 18.7 Å². The van der Waals surface area contributed by atoms with Crippen molar-refractivity contribution in [3.63, 3.8) is 0 Å². The third-order valence-corrected chi connectivity index (χ3v) is 5.43. The van der Waals surface area contributed by atoms with Crippen LogP contribution in [-0.4, -0.2) is 40.1 Å². The molecule has 2 rings (SSSR count). The number of hydrogen-bond acceptors (Lipinski definition) is 6. The Morgan fingerprint density at radius 3 is 2.04 bits per heavy atom. The standard InChI is InChI=1S/C19H20FNO6S/c1-3-26-18(22)13-21(28(24,25)17-11-7-15(20)8-12-17)16-9-5-14(6-10-16)19(23)27-4-2/h5-12H,3-4,13H2,1-2H3. The molecule has 0 aromatic heterocycles. The minimum Gasteiger partial charge on any atom is -0.465 e. The Bertz CT molecular complexity index is 926. The summed E-state index contributed by atoms with van der Waals surface area (Å²) in [6.07, 6.45) is 0. The van der Waals surface area contributed by atoms with E-state index < -0.39 is 34.3 Å². The van der Waals surface area contributed by atoms with Crippen LogP contribution in [-0.2, 0) is 24.3 Å². The number of carbonyl (C=O) groups is 2. The molecule has 0 spiro atoms. The average Bonchev–Trinajstić information content (AvgIpc) is 2.67. The monoisotopic (exact) mass is 409 g/mol. The van der Waals surface area contributed by atoms with Crippen molar-refractivity contribution in [1.82, 2.24) is 0 Å². The van der Waals surface area contributed by atoms with Gasteiger partial charge in [0.25, 0.3) is 10.0 Å². The fraction of sp³-hybridized carbons (Fsp3) is 0.263. The molecule has 0 atom stereocenters. The van der Waals surface area contributed by atoms with Crippen LogP contribution in [0.25, 0.3) is 0 Å². The topological polar surface area (TPSA) is 90.0 Å². The molecule has 7 nitrogen and oxygen atoms in total. The zero-order valence-corrected chi connectivity index (χ0v) is 16.2. The molecular weight excluding hydrogens is 389 g/mol. The minimum atomic E-state index is -4.18. The Hall–Kier alpha value is -2.94. The summed E-state index contributed by atoms with van der Waals surface area (Å²) in [5, 5.41) is 0. The maximum Gasteiger partial charge on any atom is 0.338 e. The Morgan fingerprint density at radius 1 is 0.929 bits per heavy atom. The van der Waals surface area contributed by atoms with Gasteiger partial charge in [-0.1, -0.05) is 0 Å². The molecule has 0 saturated heterocycles. The highest BCUT2D eigenvalue weighted by Gasteiger charge is 2.28. The van der Waals surface area contributed by atoms with Gasteiger partial charge in [-0.05, 0) is 62.4 Å². The van der Waals surface area contributed by atoms with Crippen molar-refractivity contribution < 1.29 is 31.9 Å². The van der Waals surface area contributed by atoms with Gasteiger partial charge in [0.1, 0.15) is 12.4 Å². The Kier molecular flexibility index (Phi) is 7.11. The van der Waals surface area contributed by atoms with Gasteiger partial charge in [-0.25, -0.2) is 17.6 Å². The molecular formula is C19H20FNO6S. The van der Waals surface area contributed by atoms with E-state index in [0.29, 0.717) is 0 Å². The molecule has 0 fully saturated rings. The summed E-state index contributed by atoms with van der Waals surface area (Å²) in [5.74, 6) is -1.88. The zero-order chi connectivity index (χ0) is 20.7. The van der Waals surface area contributed by atoms with Gasteiger partial charge < -0.3 is 9.47 Å². The van der Waals surface area contributed by atoms with Crippen LogP contribution < -0.4 is 4.31 Å². The molecule has 0 unspecified atom stereocenters. The second-order valence-corrected chi connectivity index (χ2v) is 7.40. The third-order valence-electron chi connectivity index (χ3n) is 3.65. The van der Waals surface area contributed by atoms with Crippen molar-refractivity contribution in [3.05, 3.63) is 59.9 Å². The van der Waals surface area contributed by atoms with Crippen LogP contribution in [0.2, 0.25) is 0 Å². The molecule has 0 saturated carbocycles. The van der Waals surface area contributed by atoms with Gasteiger partial charge in [0.05, 0.1) is 29.4 Å². The number of anilines is 1. The number of ether oxygens (including phenoxy) is 2. The molecule has 0 bridgehead atoms. The van der Waals surface area contributed by atoms with Gasteiger partial charge in [0.2, 0.25) is 0 Å². The maximum absolute atomic E-state index is 13.2. The van der Waals surface area contributed by atoms with E-state index in [-0.39, 0.29) is 29.4 Å². The zero-order valence-electron chi connectivity index (χ0n) is 15.4. The summed E-state index contributed by atoms with van der Waals surface area (Å²) < 4.78 is 49.8. The Labute approximate surface area is 162 Å². The lowest BCUT2D eigenvalue weighted by Crippen LogP contribution is -2.36. The fourth-order valence-electron chi connectivity index (χ4n) is 2.35. The van der Waals surface area contributed by atoms with Crippen LogP contribution in [0.4, 0.5) is 10.1 Å². The Morgan fingerprint density at radius 2 is 1.50 bits per heavy atom. The first-order valence-electron chi connectivity index (χ1n) is 8.50. The van der Waals surface area contributed by atoms with Crippen LogP contribution in [0.15, 0.2) is 53.4 Å². The highest BCUT2D eigenvalue weighted by Crippen LogP contribution is 2.24. The molecule has 0 aliphatic carbocycles. The molecule has 28 heavy (non-hydrogen) atoms. The molecule has 0 amide bonds. The van der Waals surface area contributed by atoms with Crippen molar-refractivity contribution >= 4 is 27.6 Å². The predicted molar refractivity (Wildman–Crippen MR) is 100.0 cm³/mol. The Balaban J connectivity index is 2.43. The number of benzene rings is 2. The first-order valence-corrected chi connectivity index (χ1v) is 9.94. The molecule has 0 N–H and O–H groups in total. The normalized spacial score (nSPS) is 11.0. The largest absolute Gasteiger partial charge is 0.465 e. The number of esters is 2. The summed E-state index contributed by atoms with van der Waals surface area (Å²) in [5.41, 5.74) is 0.381. The van der Waals surface area contributed by atoms with Crippen LogP contribution in [0.3, 0.4) is 0 Å². The highest BCUT2D eigenvalue weighted by molar-refractivity contribution is 7.92. The van der Waals surface area contributed by atoms with E-state index in [2.05, 4.69) is 0 Å². The summed E-state index contributed by atoms with van der Waals surface area (Å²) >= 11 is 0. The van der Waals surface area contributed by atoms with Gasteiger partial charge in [-0.3, -0.25) is 9.10 Å². The van der Waals surface area contributed by atoms with Crippen LogP contribution in [0.5, 0.6) is 0 Å². The molecule has 2 aromatic rings. The SMILES string of the molecule is CCOC(=O)CN(c1ccc(C(=O)OCC)cc1)S(=O)(=O)c1ccc(F)cc1. The summed E-state index contributed by atoms with van der Waals surface area (Å²) in [4.78, 5) is 23.5. The van der Waals surface area contributed by atoms with Crippen molar-refractivity contribution in [1.29, 1.82) is 0 Å². The van der Waals surface area contributed by atoms with Gasteiger partial charge >= 0.3 is 11.9 Å². The van der Waals surface area contributed by atoms with E-state index in [1.165, 1.54) is 24.3 Å². The quantitative estimate of drug-likeness (QED) is 0.623. The van der Waals surface area contributed by atoms with Gasteiger partial charge in [0, 0.05) is 0 Å². The summed E-state index contributed by atoms with van der Waals surface area (Å²) in [7, 11) is -4.18. The van der Waals surface area contributed by atoms with Crippen molar-refractivity contribution in [2.75, 3.05) is 24.1 Å². The molecule has 0 radical (unpaired) electrons. The lowest BCUT2D eigenvalue weighted by atomic mass is 10.2. The minimum absolute atomic E-state index is 0.0884. The number of rotatable bonds is 8. The van der Waals surface area contributed by atoms with E-state index in [0.717, 1.165) is 28.6 Å². The van der Waals surface area contributed by atoms with Gasteiger partial charge in [-0.2, -0.15) is 0 Å². The summed E-state index contributed by atoms with van der Waals surface area (Å²) in [6, 6.07) is 9.79. The second-order valence-electron chi connectivity index (χ2n) is 5.54. The molecule has 2 aromatic carbocycles. The van der Waals surface area contributed by atoms with Gasteiger partial charge in [0.15, 0.2) is 0 Å². The van der Waals surface area contributed by atoms with E-state index >= 15 is 0 Å². The lowest BCUT2D eigenvalue weighted by molar-refractivity contribution is -0.141. The van der Waals surface area contributed by atoms with E-state index in [9.17, 15) is 22.4 Å². The van der Waals surface area contributed by atoms with Crippen molar-refractivity contribution in [2.24, 2.45) is 0 Å². The van der Waals surface area contributed by atoms with Crippen LogP contribution in [0, 0.1) is 5.82 Å². The van der Waals surface area contributed by atoms with Gasteiger partial charge in [-0.15, -0.1) is 0 Å². The number of carbonyl (C=O) groups excluding carboxylic acids is 2. The van der Waals surface area contributed by atoms with E-state index in [1.54, 1.807) is 13.8 Å². The highest BCUT2D eigenvalue weighted by atomic mass is 32.2. The van der Waals surface area contributed by atoms with E-state index in [4.69, 9.17) is 9.47 Å². The third kappa shape index (κ3) is 5.07. The first-order chi connectivity index (χ1) is 13.3. The molecule has 9 heteroatoms. The van der Waals surface area contributed by atoms with Crippen LogP contribution in [0.1, 0.15) is 24.2 Å². The lowest BCUT2D eigenvalue weighted by Gasteiger charge is -2.23. The number of halogens is 1. The van der Waals surface area contributed by atoms with Crippen molar-refractivity contribution in [3.8, 4) is 0 Å². The van der Waals surface area contributed by atoms with E-state index in [1.807, 2.05) is 0 Å². The molecule has 0 aliphatic rings. The second kappa shape index (κ2) is 9.32. The van der Waals surface area contributed by atoms with Crippen LogP contribution >= 0.6 is 0 Å². The fourth-order valence-corrected chi connectivity index (χ4v) is 3.76. The average molecular weight is 409 g/mol. The number of hydrogen-bond donors (Lipinski definition) is 0. The predicted octanol–water partition coefficient (Wildman–Crippen LogP) is 2.76.